The molecule has 0 fully saturated rings. The summed E-state index contributed by atoms with van der Waals surface area (Å²) in [5.41, 5.74) is 1.35. The van der Waals surface area contributed by atoms with Crippen molar-refractivity contribution in [1.29, 1.82) is 0 Å². The molecule has 0 unspecified atom stereocenters. The van der Waals surface area contributed by atoms with E-state index in [4.69, 9.17) is 9.47 Å². The number of fused-ring (bicyclic) bond motifs is 1. The Morgan fingerprint density at radius 2 is 1.74 bits per heavy atom. The van der Waals surface area contributed by atoms with Gasteiger partial charge in [0.15, 0.2) is 23.1 Å². The van der Waals surface area contributed by atoms with Gasteiger partial charge in [-0.25, -0.2) is 13.8 Å². The van der Waals surface area contributed by atoms with Gasteiger partial charge < -0.3 is 20.1 Å². The van der Waals surface area contributed by atoms with E-state index >= 15 is 0 Å². The molecular formula is C19H13F2N3O3. The predicted molar refractivity (Wildman–Crippen MR) is 94.4 cm³/mol. The summed E-state index contributed by atoms with van der Waals surface area (Å²) in [7, 11) is 0. The molecule has 1 amide bonds. The van der Waals surface area contributed by atoms with E-state index in [9.17, 15) is 13.6 Å². The van der Waals surface area contributed by atoms with E-state index in [-0.39, 0.29) is 12.7 Å². The van der Waals surface area contributed by atoms with Crippen molar-refractivity contribution in [1.82, 2.24) is 4.98 Å². The van der Waals surface area contributed by atoms with Crippen LogP contribution in [0.3, 0.4) is 0 Å². The van der Waals surface area contributed by atoms with E-state index in [1.165, 1.54) is 12.3 Å². The molecule has 0 aliphatic carbocycles. The number of hydrogen-bond acceptors (Lipinski definition) is 5. The summed E-state index contributed by atoms with van der Waals surface area (Å²) < 4.78 is 36.7. The molecule has 2 aromatic carbocycles. The number of benzene rings is 2. The fourth-order valence-corrected chi connectivity index (χ4v) is 2.51. The average Bonchev–Trinajstić information content (AvgIpc) is 3.14. The predicted octanol–water partition coefficient (Wildman–Crippen LogP) is 4.08. The molecule has 0 bridgehead atoms. The van der Waals surface area contributed by atoms with Gasteiger partial charge in [-0.3, -0.25) is 4.79 Å². The van der Waals surface area contributed by atoms with Crippen LogP contribution in [0.15, 0.2) is 54.7 Å². The fourth-order valence-electron chi connectivity index (χ4n) is 2.51. The quantitative estimate of drug-likeness (QED) is 0.725. The van der Waals surface area contributed by atoms with Crippen molar-refractivity contribution in [2.24, 2.45) is 0 Å². The number of amides is 1. The number of carbonyl (C=O) groups excluding carboxylic acids is 1. The van der Waals surface area contributed by atoms with Gasteiger partial charge in [0, 0.05) is 17.3 Å². The lowest BCUT2D eigenvalue weighted by molar-refractivity contribution is 0.102. The summed E-state index contributed by atoms with van der Waals surface area (Å²) in [5.74, 6) is -0.754. The van der Waals surface area contributed by atoms with Crippen molar-refractivity contribution in [3.8, 4) is 11.5 Å². The van der Waals surface area contributed by atoms with Gasteiger partial charge in [0.05, 0.1) is 11.9 Å². The first-order chi connectivity index (χ1) is 13.1. The van der Waals surface area contributed by atoms with Crippen LogP contribution in [-0.4, -0.2) is 17.7 Å². The van der Waals surface area contributed by atoms with Gasteiger partial charge in [0.1, 0.15) is 5.82 Å². The van der Waals surface area contributed by atoms with Crippen molar-refractivity contribution < 1.29 is 23.0 Å². The first-order valence-corrected chi connectivity index (χ1v) is 7.97. The summed E-state index contributed by atoms with van der Waals surface area (Å²) in [6.45, 7) is 0.133. The van der Waals surface area contributed by atoms with E-state index in [1.807, 2.05) is 0 Å². The summed E-state index contributed by atoms with van der Waals surface area (Å²) in [6.07, 6.45) is 1.47. The Bertz CT molecular complexity index is 1010. The average molecular weight is 369 g/mol. The van der Waals surface area contributed by atoms with Gasteiger partial charge in [-0.2, -0.15) is 0 Å². The van der Waals surface area contributed by atoms with E-state index < -0.39 is 11.6 Å². The van der Waals surface area contributed by atoms with Crippen molar-refractivity contribution in [3.63, 3.8) is 0 Å². The van der Waals surface area contributed by atoms with Gasteiger partial charge in [-0.05, 0) is 42.5 Å². The number of rotatable bonds is 4. The second-order valence-corrected chi connectivity index (χ2v) is 5.71. The van der Waals surface area contributed by atoms with E-state index in [0.29, 0.717) is 34.3 Å². The number of aromatic nitrogens is 1. The number of anilines is 3. The second-order valence-electron chi connectivity index (χ2n) is 5.71. The first kappa shape index (κ1) is 16.8. The Morgan fingerprint density at radius 1 is 0.926 bits per heavy atom. The zero-order chi connectivity index (χ0) is 18.8. The molecule has 1 aromatic heterocycles. The van der Waals surface area contributed by atoms with Gasteiger partial charge in [-0.1, -0.05) is 0 Å². The Morgan fingerprint density at radius 3 is 2.52 bits per heavy atom. The Kier molecular flexibility index (Phi) is 4.29. The Balaban J connectivity index is 1.43. The maximum absolute atomic E-state index is 13.2. The highest BCUT2D eigenvalue weighted by atomic mass is 19.2. The molecule has 0 saturated heterocycles. The van der Waals surface area contributed by atoms with Crippen LogP contribution in [-0.2, 0) is 0 Å². The lowest BCUT2D eigenvalue weighted by Gasteiger charge is -2.08. The normalized spacial score (nSPS) is 11.9. The van der Waals surface area contributed by atoms with Crippen molar-refractivity contribution >= 4 is 23.1 Å². The third-order valence-electron chi connectivity index (χ3n) is 3.85. The molecule has 2 N–H and O–H groups in total. The standard InChI is InChI=1S/C19H13F2N3O3/c20-14-4-2-12(8-15(14)21)23-13-3-6-18(22-9-13)24-19(25)11-1-5-16-17(7-11)27-10-26-16/h1-9,23H,10H2,(H,22,24,25). The molecule has 1 aliphatic rings. The molecule has 0 atom stereocenters. The minimum Gasteiger partial charge on any atom is -0.454 e. The van der Waals surface area contributed by atoms with Crippen LogP contribution in [0, 0.1) is 11.6 Å². The molecule has 0 spiro atoms. The highest BCUT2D eigenvalue weighted by Gasteiger charge is 2.16. The molecule has 3 aromatic rings. The molecule has 1 aliphatic heterocycles. The molecule has 0 radical (unpaired) electrons. The zero-order valence-electron chi connectivity index (χ0n) is 13.8. The molecule has 27 heavy (non-hydrogen) atoms. The van der Waals surface area contributed by atoms with Crippen LogP contribution < -0.4 is 20.1 Å². The lowest BCUT2D eigenvalue weighted by Crippen LogP contribution is -2.12. The van der Waals surface area contributed by atoms with Crippen molar-refractivity contribution in [2.75, 3.05) is 17.4 Å². The topological polar surface area (TPSA) is 72.5 Å². The van der Waals surface area contributed by atoms with E-state index in [1.54, 1.807) is 30.3 Å². The van der Waals surface area contributed by atoms with Crippen LogP contribution >= 0.6 is 0 Å². The SMILES string of the molecule is O=C(Nc1ccc(Nc2ccc(F)c(F)c2)cn1)c1ccc2c(c1)OCO2. The highest BCUT2D eigenvalue weighted by molar-refractivity contribution is 6.04. The number of halogens is 2. The van der Waals surface area contributed by atoms with Gasteiger partial charge in [0.25, 0.3) is 5.91 Å². The van der Waals surface area contributed by atoms with Crippen molar-refractivity contribution in [3.05, 3.63) is 71.9 Å². The molecule has 8 heteroatoms. The molecule has 136 valence electrons. The molecule has 6 nitrogen and oxygen atoms in total. The summed E-state index contributed by atoms with van der Waals surface area (Å²) in [4.78, 5) is 16.5. The van der Waals surface area contributed by atoms with Crippen LogP contribution in [0.2, 0.25) is 0 Å². The summed E-state index contributed by atoms with van der Waals surface area (Å²) >= 11 is 0. The van der Waals surface area contributed by atoms with Crippen LogP contribution in [0.5, 0.6) is 11.5 Å². The fraction of sp³-hybridized carbons (Fsp3) is 0.0526. The van der Waals surface area contributed by atoms with Gasteiger partial charge >= 0.3 is 0 Å². The number of carbonyl (C=O) groups is 1. The number of hydrogen-bond donors (Lipinski definition) is 2. The molecule has 2 heterocycles. The summed E-state index contributed by atoms with van der Waals surface area (Å²) in [6, 6.07) is 11.6. The second kappa shape index (κ2) is 6.91. The van der Waals surface area contributed by atoms with Crippen LogP contribution in [0.25, 0.3) is 0 Å². The largest absolute Gasteiger partial charge is 0.454 e. The minimum atomic E-state index is -0.944. The number of ether oxygens (including phenoxy) is 2. The van der Waals surface area contributed by atoms with E-state index in [2.05, 4.69) is 15.6 Å². The third-order valence-corrected chi connectivity index (χ3v) is 3.85. The van der Waals surface area contributed by atoms with Gasteiger partial charge in [-0.15, -0.1) is 0 Å². The zero-order valence-corrected chi connectivity index (χ0v) is 13.8. The van der Waals surface area contributed by atoms with Gasteiger partial charge in [0.2, 0.25) is 6.79 Å². The molecule has 0 saturated carbocycles. The first-order valence-electron chi connectivity index (χ1n) is 7.97. The highest BCUT2D eigenvalue weighted by Crippen LogP contribution is 2.32. The maximum atomic E-state index is 13.2. The van der Waals surface area contributed by atoms with Crippen LogP contribution in [0.1, 0.15) is 10.4 Å². The Hall–Kier alpha value is -3.68. The smallest absolute Gasteiger partial charge is 0.256 e. The monoisotopic (exact) mass is 369 g/mol. The molecule has 4 rings (SSSR count). The van der Waals surface area contributed by atoms with Crippen LogP contribution in [0.4, 0.5) is 26.0 Å². The summed E-state index contributed by atoms with van der Waals surface area (Å²) in [5, 5.41) is 5.57. The van der Waals surface area contributed by atoms with E-state index in [0.717, 1.165) is 12.1 Å². The lowest BCUT2D eigenvalue weighted by atomic mass is 10.2. The number of pyridine rings is 1. The third kappa shape index (κ3) is 3.64. The number of nitrogens with one attached hydrogen (secondary N) is 2. The van der Waals surface area contributed by atoms with Crippen molar-refractivity contribution in [2.45, 2.75) is 0 Å². The minimum absolute atomic E-state index is 0.133. The number of nitrogens with zero attached hydrogens (tertiary/aromatic N) is 1. The Labute approximate surface area is 152 Å². The maximum Gasteiger partial charge on any atom is 0.256 e. The molecular weight excluding hydrogens is 356 g/mol.